The van der Waals surface area contributed by atoms with Crippen LogP contribution in [0.1, 0.15) is 18.4 Å². The van der Waals surface area contributed by atoms with Gasteiger partial charge in [-0.05, 0) is 36.5 Å². The van der Waals surface area contributed by atoms with Crippen LogP contribution in [0.4, 0.5) is 5.69 Å². The summed E-state index contributed by atoms with van der Waals surface area (Å²) < 4.78 is 5.63. The van der Waals surface area contributed by atoms with Gasteiger partial charge in [-0.2, -0.15) is 0 Å². The molecule has 18 heavy (non-hydrogen) atoms. The van der Waals surface area contributed by atoms with Gasteiger partial charge in [0.15, 0.2) is 0 Å². The van der Waals surface area contributed by atoms with Crippen molar-refractivity contribution in [1.29, 1.82) is 0 Å². The number of anilines is 1. The Labute approximate surface area is 119 Å². The second-order valence-corrected chi connectivity index (χ2v) is 5.53. The Bertz CT molecular complexity index is 393. The largest absolute Gasteiger partial charge is 0.379 e. The maximum absolute atomic E-state index is 6.24. The number of hydrogen-bond acceptors (Lipinski definition) is 2. The molecule has 0 amide bonds. The molecule has 4 heteroatoms. The molecule has 0 bridgehead atoms. The van der Waals surface area contributed by atoms with Gasteiger partial charge in [0.1, 0.15) is 0 Å². The summed E-state index contributed by atoms with van der Waals surface area (Å²) in [6.45, 7) is 2.51. The summed E-state index contributed by atoms with van der Waals surface area (Å²) in [5.74, 6) is 1.32. The van der Waals surface area contributed by atoms with E-state index in [4.69, 9.17) is 27.9 Å². The highest BCUT2D eigenvalue weighted by Crippen LogP contribution is 2.29. The van der Waals surface area contributed by atoms with Gasteiger partial charge in [-0.3, -0.25) is 0 Å². The molecule has 0 heterocycles. The number of benzene rings is 1. The highest BCUT2D eigenvalue weighted by atomic mass is 35.5. The predicted octanol–water partition coefficient (Wildman–Crippen LogP) is 3.94. The molecular formula is C14H19Cl2NO. The molecule has 0 unspecified atom stereocenters. The molecule has 1 aliphatic rings. The van der Waals surface area contributed by atoms with Crippen LogP contribution in [0.5, 0.6) is 0 Å². The van der Waals surface area contributed by atoms with Crippen molar-refractivity contribution < 1.29 is 4.74 Å². The van der Waals surface area contributed by atoms with Crippen LogP contribution in [-0.4, -0.2) is 26.8 Å². The number of hydrogen-bond donors (Lipinski definition) is 0. The van der Waals surface area contributed by atoms with Gasteiger partial charge in [0.25, 0.3) is 0 Å². The van der Waals surface area contributed by atoms with Gasteiger partial charge in [0.2, 0.25) is 0 Å². The van der Waals surface area contributed by atoms with Crippen molar-refractivity contribution in [3.63, 3.8) is 0 Å². The molecule has 2 nitrogen and oxygen atoms in total. The number of nitrogens with zero attached hydrogens (tertiary/aromatic N) is 1. The number of ether oxygens (including phenoxy) is 1. The van der Waals surface area contributed by atoms with Gasteiger partial charge in [0.05, 0.1) is 17.3 Å². The average Bonchev–Trinajstić information content (AvgIpc) is 3.18. The van der Waals surface area contributed by atoms with Crippen molar-refractivity contribution in [2.45, 2.75) is 18.7 Å². The first-order valence-corrected chi connectivity index (χ1v) is 7.25. The minimum Gasteiger partial charge on any atom is -0.379 e. The fourth-order valence-electron chi connectivity index (χ4n) is 1.80. The van der Waals surface area contributed by atoms with E-state index in [1.807, 2.05) is 25.2 Å². The lowest BCUT2D eigenvalue weighted by Crippen LogP contribution is -2.23. The molecule has 1 fully saturated rings. The maximum Gasteiger partial charge on any atom is 0.0642 e. The molecule has 1 aromatic rings. The van der Waals surface area contributed by atoms with E-state index < -0.39 is 0 Å². The van der Waals surface area contributed by atoms with E-state index in [0.29, 0.717) is 5.88 Å². The zero-order valence-electron chi connectivity index (χ0n) is 10.7. The molecule has 1 aliphatic carbocycles. The smallest absolute Gasteiger partial charge is 0.0642 e. The van der Waals surface area contributed by atoms with Crippen molar-refractivity contribution in [2.24, 2.45) is 5.92 Å². The molecule has 100 valence electrons. The summed E-state index contributed by atoms with van der Waals surface area (Å²) in [6, 6.07) is 5.95. The molecule has 0 spiro atoms. The van der Waals surface area contributed by atoms with Crippen LogP contribution in [0.2, 0.25) is 5.02 Å². The molecule has 0 N–H and O–H groups in total. The quantitative estimate of drug-likeness (QED) is 0.556. The standard InChI is InChI=1S/C14H19Cl2NO/c1-17(6-7-18-10-11-2-3-11)14-5-4-12(9-15)8-13(14)16/h4-5,8,11H,2-3,6-7,9-10H2,1H3. The molecule has 1 saturated carbocycles. The summed E-state index contributed by atoms with van der Waals surface area (Å²) >= 11 is 12.0. The first kappa shape index (κ1) is 14.0. The zero-order valence-corrected chi connectivity index (χ0v) is 12.2. The number of alkyl halides is 1. The van der Waals surface area contributed by atoms with Crippen LogP contribution >= 0.6 is 23.2 Å². The molecule has 2 rings (SSSR count). The Kier molecular flexibility index (Phi) is 5.16. The van der Waals surface area contributed by atoms with Crippen LogP contribution < -0.4 is 4.90 Å². The van der Waals surface area contributed by atoms with E-state index in [0.717, 1.165) is 41.9 Å². The monoisotopic (exact) mass is 287 g/mol. The summed E-state index contributed by atoms with van der Waals surface area (Å²) in [4.78, 5) is 2.12. The van der Waals surface area contributed by atoms with E-state index in [-0.39, 0.29) is 0 Å². The van der Waals surface area contributed by atoms with E-state index >= 15 is 0 Å². The van der Waals surface area contributed by atoms with Crippen molar-refractivity contribution in [3.8, 4) is 0 Å². The van der Waals surface area contributed by atoms with Gasteiger partial charge < -0.3 is 9.64 Å². The molecule has 0 atom stereocenters. The SMILES string of the molecule is CN(CCOCC1CC1)c1ccc(CCl)cc1Cl. The van der Waals surface area contributed by atoms with Crippen molar-refractivity contribution in [2.75, 3.05) is 31.7 Å². The zero-order chi connectivity index (χ0) is 13.0. The highest BCUT2D eigenvalue weighted by Gasteiger charge is 2.21. The number of likely N-dealkylation sites (N-methyl/N-ethyl adjacent to an activating group) is 1. The minimum absolute atomic E-state index is 0.494. The first-order valence-electron chi connectivity index (χ1n) is 6.34. The summed E-state index contributed by atoms with van der Waals surface area (Å²) in [7, 11) is 2.03. The van der Waals surface area contributed by atoms with Crippen LogP contribution in [0.25, 0.3) is 0 Å². The van der Waals surface area contributed by atoms with Gasteiger partial charge in [0, 0.05) is 26.1 Å². The van der Waals surface area contributed by atoms with Crippen LogP contribution in [-0.2, 0) is 10.6 Å². The van der Waals surface area contributed by atoms with Crippen molar-refractivity contribution in [1.82, 2.24) is 0 Å². The average molecular weight is 288 g/mol. The van der Waals surface area contributed by atoms with Gasteiger partial charge >= 0.3 is 0 Å². The molecule has 0 radical (unpaired) electrons. The third kappa shape index (κ3) is 4.04. The maximum atomic E-state index is 6.24. The lowest BCUT2D eigenvalue weighted by molar-refractivity contribution is 0.131. The van der Waals surface area contributed by atoms with E-state index in [1.165, 1.54) is 12.8 Å². The van der Waals surface area contributed by atoms with Crippen molar-refractivity contribution in [3.05, 3.63) is 28.8 Å². The Morgan fingerprint density at radius 3 is 2.78 bits per heavy atom. The van der Waals surface area contributed by atoms with Gasteiger partial charge in [-0.25, -0.2) is 0 Å². The molecule has 1 aromatic carbocycles. The molecular weight excluding hydrogens is 269 g/mol. The van der Waals surface area contributed by atoms with Crippen molar-refractivity contribution >= 4 is 28.9 Å². The topological polar surface area (TPSA) is 12.5 Å². The summed E-state index contributed by atoms with van der Waals surface area (Å²) in [6.07, 6.45) is 2.67. The number of rotatable bonds is 7. The third-order valence-corrected chi connectivity index (χ3v) is 3.81. The fourth-order valence-corrected chi connectivity index (χ4v) is 2.31. The number of halogens is 2. The minimum atomic E-state index is 0.494. The van der Waals surface area contributed by atoms with Crippen LogP contribution in [0.15, 0.2) is 18.2 Å². The summed E-state index contributed by atoms with van der Waals surface area (Å²) in [5.41, 5.74) is 2.07. The molecule has 0 saturated heterocycles. The van der Waals surface area contributed by atoms with E-state index in [2.05, 4.69) is 4.90 Å². The first-order chi connectivity index (χ1) is 8.70. The Hall–Kier alpha value is -0.440. The fraction of sp³-hybridized carbons (Fsp3) is 0.571. The molecule has 0 aromatic heterocycles. The summed E-state index contributed by atoms with van der Waals surface area (Å²) in [5, 5.41) is 0.748. The second kappa shape index (κ2) is 6.65. The Morgan fingerprint density at radius 2 is 2.17 bits per heavy atom. The normalized spacial score (nSPS) is 14.8. The Morgan fingerprint density at radius 1 is 1.39 bits per heavy atom. The lowest BCUT2D eigenvalue weighted by atomic mass is 10.2. The molecule has 0 aliphatic heterocycles. The van der Waals surface area contributed by atoms with Gasteiger partial charge in [-0.1, -0.05) is 17.7 Å². The van der Waals surface area contributed by atoms with E-state index in [1.54, 1.807) is 0 Å². The predicted molar refractivity (Wildman–Crippen MR) is 77.8 cm³/mol. The van der Waals surface area contributed by atoms with Gasteiger partial charge in [-0.15, -0.1) is 11.6 Å². The Balaban J connectivity index is 1.81. The van der Waals surface area contributed by atoms with E-state index in [9.17, 15) is 0 Å². The van der Waals surface area contributed by atoms with Crippen LogP contribution in [0, 0.1) is 5.92 Å². The highest BCUT2D eigenvalue weighted by molar-refractivity contribution is 6.33. The van der Waals surface area contributed by atoms with Crippen LogP contribution in [0.3, 0.4) is 0 Å². The second-order valence-electron chi connectivity index (χ2n) is 4.86. The third-order valence-electron chi connectivity index (χ3n) is 3.20. The lowest BCUT2D eigenvalue weighted by Gasteiger charge is -2.21.